The molecule has 8 heteroatoms. The highest BCUT2D eigenvalue weighted by atomic mass is 32.2. The quantitative estimate of drug-likeness (QED) is 0.672. The highest BCUT2D eigenvalue weighted by molar-refractivity contribution is 8.01. The molecule has 3 amide bonds. The molecule has 1 aliphatic carbocycles. The number of rotatable bonds is 3. The van der Waals surface area contributed by atoms with Crippen LogP contribution in [0.25, 0.3) is 0 Å². The van der Waals surface area contributed by atoms with Gasteiger partial charge in [-0.1, -0.05) is 19.1 Å². The number of carbonyl (C=O) groups excluding carboxylic acids is 3. The van der Waals surface area contributed by atoms with Crippen molar-refractivity contribution in [2.45, 2.75) is 42.8 Å². The molecule has 0 fully saturated rings. The van der Waals surface area contributed by atoms with Gasteiger partial charge in [-0.15, -0.1) is 23.1 Å². The van der Waals surface area contributed by atoms with E-state index in [9.17, 15) is 14.4 Å². The zero-order chi connectivity index (χ0) is 19.7. The molecule has 6 nitrogen and oxygen atoms in total. The van der Waals surface area contributed by atoms with Crippen LogP contribution in [0.15, 0.2) is 35.2 Å². The van der Waals surface area contributed by atoms with Gasteiger partial charge in [-0.05, 0) is 48.9 Å². The van der Waals surface area contributed by atoms with Gasteiger partial charge in [0.15, 0.2) is 0 Å². The van der Waals surface area contributed by atoms with Gasteiger partial charge in [-0.25, -0.2) is 0 Å². The van der Waals surface area contributed by atoms with Crippen molar-refractivity contribution >= 4 is 46.5 Å². The van der Waals surface area contributed by atoms with Gasteiger partial charge < -0.3 is 5.32 Å². The van der Waals surface area contributed by atoms with Gasteiger partial charge in [0, 0.05) is 16.2 Å². The van der Waals surface area contributed by atoms with E-state index in [2.05, 4.69) is 23.1 Å². The lowest BCUT2D eigenvalue weighted by Gasteiger charge is -2.23. The zero-order valence-corrected chi connectivity index (χ0v) is 17.0. The van der Waals surface area contributed by atoms with Crippen LogP contribution in [-0.4, -0.2) is 23.0 Å². The summed E-state index contributed by atoms with van der Waals surface area (Å²) in [7, 11) is 0. The van der Waals surface area contributed by atoms with E-state index in [0.29, 0.717) is 10.8 Å². The Kier molecular flexibility index (Phi) is 5.41. The number of hydrazine groups is 1. The van der Waals surface area contributed by atoms with Gasteiger partial charge in [0.2, 0.25) is 11.8 Å². The van der Waals surface area contributed by atoms with Gasteiger partial charge in [-0.2, -0.15) is 0 Å². The lowest BCUT2D eigenvalue weighted by atomic mass is 9.90. The number of fused-ring (bicyclic) bond motifs is 2. The second kappa shape index (κ2) is 7.97. The average Bonchev–Trinajstić information content (AvgIpc) is 3.10. The number of nitrogens with one attached hydrogen (secondary N) is 3. The van der Waals surface area contributed by atoms with Crippen LogP contribution in [0.2, 0.25) is 0 Å². The monoisotopic (exact) mass is 415 g/mol. The Hall–Kier alpha value is -2.32. The topological polar surface area (TPSA) is 87.3 Å². The van der Waals surface area contributed by atoms with Crippen molar-refractivity contribution in [3.8, 4) is 0 Å². The fourth-order valence-corrected chi connectivity index (χ4v) is 5.67. The van der Waals surface area contributed by atoms with E-state index in [1.165, 1.54) is 33.5 Å². The predicted molar refractivity (Wildman–Crippen MR) is 110 cm³/mol. The molecule has 146 valence electrons. The van der Waals surface area contributed by atoms with Crippen molar-refractivity contribution in [2.24, 2.45) is 5.92 Å². The summed E-state index contributed by atoms with van der Waals surface area (Å²) in [6.07, 6.45) is 3.15. The normalized spacial score (nSPS) is 20.5. The third-order valence-corrected chi connectivity index (χ3v) is 7.46. The standard InChI is InChI=1S/C20H21N3O3S2/c1-11-6-7-14-12(8-11)9-16(27-14)20(26)23-22-18(24)10-17-19(25)21-13-4-2-3-5-15(13)28-17/h2-5,9,11,17H,6-8,10H2,1H3,(H,21,25)(H,22,24)(H,23,26)/t11-,17-/m0/s1. The Bertz CT molecular complexity index is 941. The maximum absolute atomic E-state index is 12.4. The van der Waals surface area contributed by atoms with E-state index in [0.717, 1.165) is 29.8 Å². The summed E-state index contributed by atoms with van der Waals surface area (Å²) < 4.78 is 0. The van der Waals surface area contributed by atoms with Crippen LogP contribution in [0.3, 0.4) is 0 Å². The molecule has 2 heterocycles. The van der Waals surface area contributed by atoms with E-state index >= 15 is 0 Å². The number of aryl methyl sites for hydroxylation is 1. The number of hydrogen-bond acceptors (Lipinski definition) is 5. The van der Waals surface area contributed by atoms with Crippen LogP contribution in [0, 0.1) is 5.92 Å². The summed E-state index contributed by atoms with van der Waals surface area (Å²) in [5.41, 5.74) is 6.92. The van der Waals surface area contributed by atoms with Gasteiger partial charge in [-0.3, -0.25) is 25.2 Å². The summed E-state index contributed by atoms with van der Waals surface area (Å²) in [6, 6.07) is 9.41. The molecule has 2 aliphatic rings. The summed E-state index contributed by atoms with van der Waals surface area (Å²) in [4.78, 5) is 39.6. The van der Waals surface area contributed by atoms with E-state index in [-0.39, 0.29) is 18.2 Å². The van der Waals surface area contributed by atoms with Crippen molar-refractivity contribution in [2.75, 3.05) is 5.32 Å². The van der Waals surface area contributed by atoms with Gasteiger partial charge in [0.05, 0.1) is 15.8 Å². The SMILES string of the molecule is C[C@H]1CCc2sc(C(=O)NNC(=O)C[C@@H]3Sc4ccccc4NC3=O)cc2C1. The lowest BCUT2D eigenvalue weighted by Crippen LogP contribution is -2.43. The molecule has 2 atom stereocenters. The van der Waals surface area contributed by atoms with Crippen molar-refractivity contribution < 1.29 is 14.4 Å². The minimum absolute atomic E-state index is 0.0103. The highest BCUT2D eigenvalue weighted by Gasteiger charge is 2.29. The summed E-state index contributed by atoms with van der Waals surface area (Å²) >= 11 is 2.85. The number of carbonyl (C=O) groups is 3. The second-order valence-electron chi connectivity index (χ2n) is 7.21. The molecule has 0 radical (unpaired) electrons. The maximum Gasteiger partial charge on any atom is 0.279 e. The summed E-state index contributed by atoms with van der Waals surface area (Å²) in [5.74, 6) is -0.269. The molecule has 0 spiro atoms. The molecule has 3 N–H and O–H groups in total. The van der Waals surface area contributed by atoms with Crippen LogP contribution in [0.4, 0.5) is 5.69 Å². The molecule has 2 aromatic rings. The number of anilines is 1. The molecule has 0 bridgehead atoms. The molecule has 1 aromatic carbocycles. The number of hydrogen-bond donors (Lipinski definition) is 3. The molecular formula is C20H21N3O3S2. The fourth-order valence-electron chi connectivity index (χ4n) is 3.45. The van der Waals surface area contributed by atoms with E-state index in [1.807, 2.05) is 30.3 Å². The average molecular weight is 416 g/mol. The molecule has 4 rings (SSSR count). The van der Waals surface area contributed by atoms with E-state index in [1.54, 1.807) is 0 Å². The number of thiophene rings is 1. The number of thioether (sulfide) groups is 1. The van der Waals surface area contributed by atoms with Crippen LogP contribution in [0.1, 0.15) is 39.9 Å². The minimum atomic E-state index is -0.526. The first kappa shape index (κ1) is 19.0. The largest absolute Gasteiger partial charge is 0.324 e. The van der Waals surface area contributed by atoms with Gasteiger partial charge in [0.1, 0.15) is 0 Å². The summed E-state index contributed by atoms with van der Waals surface area (Å²) in [6.45, 7) is 2.22. The first-order chi connectivity index (χ1) is 13.5. The third kappa shape index (κ3) is 4.07. The fraction of sp³-hybridized carbons (Fsp3) is 0.350. The molecule has 0 saturated heterocycles. The highest BCUT2D eigenvalue weighted by Crippen LogP contribution is 2.36. The molecule has 0 saturated carbocycles. The Morgan fingerprint density at radius 1 is 1.25 bits per heavy atom. The maximum atomic E-state index is 12.4. The van der Waals surface area contributed by atoms with Crippen molar-refractivity contribution in [3.63, 3.8) is 0 Å². The van der Waals surface area contributed by atoms with Gasteiger partial charge >= 0.3 is 0 Å². The van der Waals surface area contributed by atoms with Crippen molar-refractivity contribution in [1.82, 2.24) is 10.9 Å². The van der Waals surface area contributed by atoms with Crippen molar-refractivity contribution in [1.29, 1.82) is 0 Å². The zero-order valence-electron chi connectivity index (χ0n) is 15.4. The molecule has 0 unspecified atom stereocenters. The van der Waals surface area contributed by atoms with E-state index < -0.39 is 11.2 Å². The number of benzene rings is 1. The van der Waals surface area contributed by atoms with Crippen LogP contribution in [0.5, 0.6) is 0 Å². The van der Waals surface area contributed by atoms with Crippen LogP contribution >= 0.6 is 23.1 Å². The molecule has 1 aliphatic heterocycles. The Morgan fingerprint density at radius 3 is 2.93 bits per heavy atom. The van der Waals surface area contributed by atoms with Gasteiger partial charge in [0.25, 0.3) is 5.91 Å². The lowest BCUT2D eigenvalue weighted by molar-refractivity contribution is -0.124. The molecular weight excluding hydrogens is 394 g/mol. The third-order valence-electron chi connectivity index (χ3n) is 4.95. The number of amides is 3. The first-order valence-corrected chi connectivity index (χ1v) is 11.0. The second-order valence-corrected chi connectivity index (χ2v) is 9.59. The predicted octanol–water partition coefficient (Wildman–Crippen LogP) is 3.14. The van der Waals surface area contributed by atoms with E-state index in [4.69, 9.17) is 0 Å². The van der Waals surface area contributed by atoms with Crippen molar-refractivity contribution in [3.05, 3.63) is 45.6 Å². The van der Waals surface area contributed by atoms with Crippen LogP contribution < -0.4 is 16.2 Å². The molecule has 28 heavy (non-hydrogen) atoms. The van der Waals surface area contributed by atoms with Crippen LogP contribution in [-0.2, 0) is 22.4 Å². The smallest absolute Gasteiger partial charge is 0.279 e. The Balaban J connectivity index is 1.31. The Labute approximate surface area is 171 Å². The number of para-hydroxylation sites is 1. The molecule has 1 aromatic heterocycles. The Morgan fingerprint density at radius 2 is 2.07 bits per heavy atom. The first-order valence-electron chi connectivity index (χ1n) is 9.27. The minimum Gasteiger partial charge on any atom is -0.324 e. The summed E-state index contributed by atoms with van der Waals surface area (Å²) in [5, 5.41) is 2.29.